The topological polar surface area (TPSA) is 96.7 Å². The van der Waals surface area contributed by atoms with Crippen LogP contribution >= 0.6 is 0 Å². The molecule has 0 aliphatic rings. The van der Waals surface area contributed by atoms with Crippen LogP contribution in [0.5, 0.6) is 0 Å². The van der Waals surface area contributed by atoms with Gasteiger partial charge in [-0.3, -0.25) is 4.79 Å². The second-order valence-corrected chi connectivity index (χ2v) is 4.69. The van der Waals surface area contributed by atoms with Crippen LogP contribution in [0.4, 0.5) is 5.95 Å². The lowest BCUT2D eigenvalue weighted by Gasteiger charge is -2.03. The van der Waals surface area contributed by atoms with E-state index in [1.165, 1.54) is 0 Å². The average molecular weight is 309 g/mol. The van der Waals surface area contributed by atoms with E-state index in [0.717, 1.165) is 5.57 Å². The third-order valence-electron chi connectivity index (χ3n) is 3.25. The molecule has 118 valence electrons. The van der Waals surface area contributed by atoms with Crippen LogP contribution in [0, 0.1) is 0 Å². The largest absolute Gasteiger partial charge is 0.368 e. The van der Waals surface area contributed by atoms with Gasteiger partial charge in [-0.25, -0.2) is 9.97 Å². The van der Waals surface area contributed by atoms with Gasteiger partial charge in [0.15, 0.2) is 0 Å². The van der Waals surface area contributed by atoms with Crippen LogP contribution in [0.15, 0.2) is 49.2 Å². The first-order valence-electron chi connectivity index (χ1n) is 7.10. The van der Waals surface area contributed by atoms with E-state index in [-0.39, 0.29) is 11.9 Å². The number of amides is 1. The van der Waals surface area contributed by atoms with Crippen molar-refractivity contribution in [3.63, 3.8) is 0 Å². The van der Waals surface area contributed by atoms with E-state index in [1.54, 1.807) is 31.5 Å². The lowest BCUT2D eigenvalue weighted by molar-refractivity contribution is 0.0963. The smallest absolute Gasteiger partial charge is 0.253 e. The zero-order valence-corrected chi connectivity index (χ0v) is 13.1. The fourth-order valence-electron chi connectivity index (χ4n) is 2.15. The number of nitrogen functional groups attached to an aromatic ring is 1. The fourth-order valence-corrected chi connectivity index (χ4v) is 2.15. The Morgan fingerprint density at radius 3 is 2.87 bits per heavy atom. The van der Waals surface area contributed by atoms with Crippen molar-refractivity contribution < 1.29 is 4.79 Å². The third-order valence-corrected chi connectivity index (χ3v) is 3.25. The molecule has 0 saturated carbocycles. The first-order valence-corrected chi connectivity index (χ1v) is 7.10. The predicted molar refractivity (Wildman–Crippen MR) is 92.6 cm³/mol. The number of allylic oxidation sites excluding steroid dienone is 5. The van der Waals surface area contributed by atoms with E-state index >= 15 is 0 Å². The van der Waals surface area contributed by atoms with Crippen LogP contribution in [-0.2, 0) is 0 Å². The molecule has 23 heavy (non-hydrogen) atoms. The molecule has 0 radical (unpaired) electrons. The van der Waals surface area contributed by atoms with Crippen LogP contribution in [0.2, 0.25) is 0 Å². The molecule has 0 aliphatic carbocycles. The molecule has 6 heteroatoms. The second kappa shape index (κ2) is 7.22. The molecule has 0 atom stereocenters. The Bertz CT molecular complexity index is 786. The van der Waals surface area contributed by atoms with Gasteiger partial charge in [-0.1, -0.05) is 30.9 Å². The zero-order chi connectivity index (χ0) is 16.8. The molecule has 4 N–H and O–H groups in total. The molecule has 2 aromatic rings. The monoisotopic (exact) mass is 309 g/mol. The van der Waals surface area contributed by atoms with Gasteiger partial charge in [0, 0.05) is 13.2 Å². The van der Waals surface area contributed by atoms with Crippen molar-refractivity contribution >= 4 is 17.4 Å². The molecular weight excluding hydrogens is 290 g/mol. The summed E-state index contributed by atoms with van der Waals surface area (Å²) in [5, 5.41) is 2.65. The molecule has 0 fully saturated rings. The first-order chi connectivity index (χ1) is 11.1. The Kier molecular flexibility index (Phi) is 5.09. The van der Waals surface area contributed by atoms with Crippen molar-refractivity contribution in [3.05, 3.63) is 60.5 Å². The van der Waals surface area contributed by atoms with E-state index in [9.17, 15) is 4.79 Å². The number of aromatic nitrogens is 3. The van der Waals surface area contributed by atoms with Gasteiger partial charge in [0.25, 0.3) is 5.91 Å². The number of anilines is 1. The number of nitrogens with one attached hydrogen (secondary N) is 2. The SMILES string of the molecule is C=C/C=C\C(=C/C)c1[nH]c(-c2ccnc(N)n2)cc1C(=O)NC. The van der Waals surface area contributed by atoms with Gasteiger partial charge in [-0.2, -0.15) is 0 Å². The highest BCUT2D eigenvalue weighted by Crippen LogP contribution is 2.26. The van der Waals surface area contributed by atoms with Crippen molar-refractivity contribution in [2.24, 2.45) is 0 Å². The van der Waals surface area contributed by atoms with Gasteiger partial charge in [0.2, 0.25) is 5.95 Å². The highest BCUT2D eigenvalue weighted by Gasteiger charge is 2.17. The number of nitrogens with two attached hydrogens (primary N) is 1. The van der Waals surface area contributed by atoms with E-state index in [2.05, 4.69) is 26.8 Å². The summed E-state index contributed by atoms with van der Waals surface area (Å²) in [5.41, 5.74) is 9.05. The van der Waals surface area contributed by atoms with Gasteiger partial charge >= 0.3 is 0 Å². The summed E-state index contributed by atoms with van der Waals surface area (Å²) in [6, 6.07) is 3.48. The van der Waals surface area contributed by atoms with Crippen LogP contribution < -0.4 is 11.1 Å². The number of carbonyl (C=O) groups excluding carboxylic acids is 1. The molecule has 2 aromatic heterocycles. The highest BCUT2D eigenvalue weighted by molar-refractivity contribution is 6.00. The Balaban J connectivity index is 2.59. The Labute approximate surface area is 134 Å². The Morgan fingerprint density at radius 1 is 1.48 bits per heavy atom. The van der Waals surface area contributed by atoms with Crippen molar-refractivity contribution in [3.8, 4) is 11.4 Å². The van der Waals surface area contributed by atoms with Gasteiger partial charge < -0.3 is 16.0 Å². The number of hydrogen-bond acceptors (Lipinski definition) is 4. The summed E-state index contributed by atoms with van der Waals surface area (Å²) < 4.78 is 0. The average Bonchev–Trinajstić information content (AvgIpc) is 3.00. The van der Waals surface area contributed by atoms with Crippen molar-refractivity contribution in [1.29, 1.82) is 0 Å². The molecule has 0 aliphatic heterocycles. The maximum atomic E-state index is 12.2. The molecule has 0 aromatic carbocycles. The maximum absolute atomic E-state index is 12.2. The van der Waals surface area contributed by atoms with Gasteiger partial charge in [-0.05, 0) is 24.6 Å². The maximum Gasteiger partial charge on any atom is 0.253 e. The van der Waals surface area contributed by atoms with Crippen molar-refractivity contribution in [2.75, 3.05) is 12.8 Å². The van der Waals surface area contributed by atoms with Crippen LogP contribution in [0.1, 0.15) is 23.0 Å². The van der Waals surface area contributed by atoms with E-state index in [0.29, 0.717) is 22.6 Å². The molecule has 0 spiro atoms. The Hall–Kier alpha value is -3.15. The minimum atomic E-state index is -0.184. The van der Waals surface area contributed by atoms with Crippen LogP contribution in [0.25, 0.3) is 17.0 Å². The molecule has 6 nitrogen and oxygen atoms in total. The van der Waals surface area contributed by atoms with Crippen molar-refractivity contribution in [1.82, 2.24) is 20.3 Å². The molecule has 2 heterocycles. The van der Waals surface area contributed by atoms with E-state index < -0.39 is 0 Å². The number of carbonyl (C=O) groups is 1. The number of nitrogens with zero attached hydrogens (tertiary/aromatic N) is 2. The molecule has 0 bridgehead atoms. The molecule has 2 rings (SSSR count). The van der Waals surface area contributed by atoms with Gasteiger partial charge in [-0.15, -0.1) is 0 Å². The summed E-state index contributed by atoms with van der Waals surface area (Å²) in [5.74, 6) is -0.00571. The summed E-state index contributed by atoms with van der Waals surface area (Å²) in [4.78, 5) is 23.5. The minimum absolute atomic E-state index is 0.179. The lowest BCUT2D eigenvalue weighted by atomic mass is 10.1. The minimum Gasteiger partial charge on any atom is -0.368 e. The van der Waals surface area contributed by atoms with E-state index in [1.807, 2.05) is 25.2 Å². The zero-order valence-electron chi connectivity index (χ0n) is 13.1. The Morgan fingerprint density at radius 2 is 2.26 bits per heavy atom. The number of aromatic amines is 1. The third kappa shape index (κ3) is 3.55. The predicted octanol–water partition coefficient (Wildman–Crippen LogP) is 2.56. The fraction of sp³-hybridized carbons (Fsp3) is 0.118. The molecule has 0 unspecified atom stereocenters. The standard InChI is InChI=1S/C17H19N5O/c1-4-6-7-11(5-2)15-12(16(23)19-3)10-14(21-15)13-8-9-20-17(18)22-13/h4-10,21H,1H2,2-3H3,(H,19,23)(H2,18,20,22)/b7-6-,11-5+. The van der Waals surface area contributed by atoms with Crippen molar-refractivity contribution in [2.45, 2.75) is 6.92 Å². The van der Waals surface area contributed by atoms with Gasteiger partial charge in [0.1, 0.15) is 0 Å². The van der Waals surface area contributed by atoms with E-state index in [4.69, 9.17) is 5.73 Å². The summed E-state index contributed by atoms with van der Waals surface area (Å²) in [7, 11) is 1.59. The lowest BCUT2D eigenvalue weighted by Crippen LogP contribution is -2.18. The number of H-pyrrole nitrogens is 1. The molecule has 1 amide bonds. The van der Waals surface area contributed by atoms with Crippen LogP contribution in [0.3, 0.4) is 0 Å². The second-order valence-electron chi connectivity index (χ2n) is 4.69. The molecule has 0 saturated heterocycles. The normalized spacial score (nSPS) is 11.7. The van der Waals surface area contributed by atoms with Crippen LogP contribution in [-0.4, -0.2) is 27.9 Å². The summed E-state index contributed by atoms with van der Waals surface area (Å²) in [6.07, 6.45) is 8.86. The molecular formula is C17H19N5O. The quantitative estimate of drug-likeness (QED) is 0.739. The van der Waals surface area contributed by atoms with Gasteiger partial charge in [0.05, 0.1) is 22.6 Å². The summed E-state index contributed by atoms with van der Waals surface area (Å²) >= 11 is 0. The number of hydrogen-bond donors (Lipinski definition) is 3. The highest BCUT2D eigenvalue weighted by atomic mass is 16.1. The summed E-state index contributed by atoms with van der Waals surface area (Å²) in [6.45, 7) is 5.56. The number of rotatable bonds is 5. The first kappa shape index (κ1) is 16.2.